The lowest BCUT2D eigenvalue weighted by molar-refractivity contribution is 0.235. The van der Waals surface area contributed by atoms with E-state index in [2.05, 4.69) is 11.6 Å². The van der Waals surface area contributed by atoms with Crippen LogP contribution >= 0.6 is 35.0 Å². The highest BCUT2D eigenvalue weighted by Crippen LogP contribution is 2.41. The zero-order chi connectivity index (χ0) is 14.8. The second kappa shape index (κ2) is 6.99. The van der Waals surface area contributed by atoms with Gasteiger partial charge in [-0.3, -0.25) is 0 Å². The fourth-order valence-electron chi connectivity index (χ4n) is 3.43. The standard InChI is InChI=1S/C16H21Cl2NOS/c1-21-15-5-3-2-4-14(15)19-13-6-7-20-16-11(13)8-10(17)9-12(16)18/h8-9,13-15,19H,2-7H2,1H3. The van der Waals surface area contributed by atoms with E-state index >= 15 is 0 Å². The molecule has 3 unspecified atom stereocenters. The SMILES string of the molecule is CSC1CCCCC1NC1CCOc2c(Cl)cc(Cl)cc21. The van der Waals surface area contributed by atoms with Gasteiger partial charge in [0.05, 0.1) is 11.6 Å². The smallest absolute Gasteiger partial charge is 0.142 e. The quantitative estimate of drug-likeness (QED) is 0.825. The van der Waals surface area contributed by atoms with Gasteiger partial charge in [0.1, 0.15) is 5.75 Å². The van der Waals surface area contributed by atoms with Gasteiger partial charge in [0.2, 0.25) is 0 Å². The summed E-state index contributed by atoms with van der Waals surface area (Å²) in [5.41, 5.74) is 1.11. The van der Waals surface area contributed by atoms with Crippen molar-refractivity contribution in [1.82, 2.24) is 5.32 Å². The molecule has 1 saturated carbocycles. The van der Waals surface area contributed by atoms with Crippen molar-refractivity contribution in [1.29, 1.82) is 0 Å². The Morgan fingerprint density at radius 3 is 2.81 bits per heavy atom. The lowest BCUT2D eigenvalue weighted by atomic mass is 9.92. The zero-order valence-electron chi connectivity index (χ0n) is 12.2. The largest absolute Gasteiger partial charge is 0.492 e. The van der Waals surface area contributed by atoms with Gasteiger partial charge in [-0.2, -0.15) is 11.8 Å². The highest BCUT2D eigenvalue weighted by Gasteiger charge is 2.30. The first-order valence-electron chi connectivity index (χ1n) is 7.59. The molecule has 0 amide bonds. The Balaban J connectivity index is 1.81. The number of hydrogen-bond acceptors (Lipinski definition) is 3. The summed E-state index contributed by atoms with van der Waals surface area (Å²) < 4.78 is 5.75. The summed E-state index contributed by atoms with van der Waals surface area (Å²) in [7, 11) is 0. The summed E-state index contributed by atoms with van der Waals surface area (Å²) in [6.45, 7) is 0.711. The average Bonchev–Trinajstić information content (AvgIpc) is 2.48. The molecule has 0 aromatic heterocycles. The second-order valence-corrected chi connectivity index (χ2v) is 7.75. The van der Waals surface area contributed by atoms with E-state index in [1.54, 1.807) is 6.07 Å². The van der Waals surface area contributed by atoms with Crippen LogP contribution in [0.5, 0.6) is 5.75 Å². The van der Waals surface area contributed by atoms with E-state index in [1.165, 1.54) is 25.7 Å². The van der Waals surface area contributed by atoms with Crippen LogP contribution in [0.1, 0.15) is 43.7 Å². The predicted octanol–water partition coefficient (Wildman–Crippen LogP) is 5.08. The maximum Gasteiger partial charge on any atom is 0.142 e. The molecule has 1 aliphatic carbocycles. The molecule has 2 aliphatic rings. The molecule has 3 rings (SSSR count). The number of fused-ring (bicyclic) bond motifs is 1. The van der Waals surface area contributed by atoms with Gasteiger partial charge in [-0.05, 0) is 31.2 Å². The number of thioether (sulfide) groups is 1. The fourth-order valence-corrected chi connectivity index (χ4v) is 4.94. The summed E-state index contributed by atoms with van der Waals surface area (Å²) >= 11 is 14.4. The third-order valence-electron chi connectivity index (χ3n) is 4.49. The van der Waals surface area contributed by atoms with Gasteiger partial charge in [-0.25, -0.2) is 0 Å². The highest BCUT2D eigenvalue weighted by atomic mass is 35.5. The van der Waals surface area contributed by atoms with Gasteiger partial charge in [-0.1, -0.05) is 36.0 Å². The first-order chi connectivity index (χ1) is 10.2. The van der Waals surface area contributed by atoms with Crippen LogP contribution in [0.4, 0.5) is 0 Å². The first-order valence-corrected chi connectivity index (χ1v) is 9.64. The Hall–Kier alpha value is -0.0900. The molecule has 0 radical (unpaired) electrons. The molecular weight excluding hydrogens is 325 g/mol. The lowest BCUT2D eigenvalue weighted by Gasteiger charge is -2.36. The Kier molecular flexibility index (Phi) is 5.26. The number of nitrogens with one attached hydrogen (secondary N) is 1. The van der Waals surface area contributed by atoms with Gasteiger partial charge in [0, 0.05) is 34.3 Å². The van der Waals surface area contributed by atoms with Crippen molar-refractivity contribution < 1.29 is 4.74 Å². The van der Waals surface area contributed by atoms with Crippen LogP contribution in [0.25, 0.3) is 0 Å². The summed E-state index contributed by atoms with van der Waals surface area (Å²) in [6.07, 6.45) is 8.43. The van der Waals surface area contributed by atoms with Crippen molar-refractivity contribution in [2.45, 2.75) is 49.4 Å². The van der Waals surface area contributed by atoms with Crippen LogP contribution in [-0.2, 0) is 0 Å². The van der Waals surface area contributed by atoms with Crippen molar-refractivity contribution >= 4 is 35.0 Å². The average molecular weight is 346 g/mol. The summed E-state index contributed by atoms with van der Waals surface area (Å²) in [4.78, 5) is 0. The molecule has 1 fully saturated rings. The molecule has 1 N–H and O–H groups in total. The van der Waals surface area contributed by atoms with E-state index in [0.717, 1.165) is 17.7 Å². The van der Waals surface area contributed by atoms with Crippen molar-refractivity contribution in [2.75, 3.05) is 12.9 Å². The molecule has 0 spiro atoms. The predicted molar refractivity (Wildman–Crippen MR) is 92.0 cm³/mol. The summed E-state index contributed by atoms with van der Waals surface area (Å²) in [5.74, 6) is 0.807. The molecule has 1 aromatic carbocycles. The number of rotatable bonds is 3. The number of hydrogen-bond donors (Lipinski definition) is 1. The molecule has 0 bridgehead atoms. The minimum Gasteiger partial charge on any atom is -0.492 e. The van der Waals surface area contributed by atoms with Crippen molar-refractivity contribution in [3.8, 4) is 5.75 Å². The van der Waals surface area contributed by atoms with Crippen LogP contribution in [0, 0.1) is 0 Å². The Bertz CT molecular complexity index is 511. The van der Waals surface area contributed by atoms with Gasteiger partial charge in [0.15, 0.2) is 0 Å². The second-order valence-electron chi connectivity index (χ2n) is 5.83. The minimum atomic E-state index is 0.294. The molecule has 3 atom stereocenters. The maximum absolute atomic E-state index is 6.27. The van der Waals surface area contributed by atoms with Crippen molar-refractivity contribution in [2.24, 2.45) is 0 Å². The summed E-state index contributed by atoms with van der Waals surface area (Å²) in [5, 5.41) is 5.86. The van der Waals surface area contributed by atoms with Crippen LogP contribution in [0.3, 0.4) is 0 Å². The third-order valence-corrected chi connectivity index (χ3v) is 6.15. The minimum absolute atomic E-state index is 0.294. The van der Waals surface area contributed by atoms with Gasteiger partial charge < -0.3 is 10.1 Å². The molecule has 1 aromatic rings. The number of halogens is 2. The number of ether oxygens (including phenoxy) is 1. The number of benzene rings is 1. The van der Waals surface area contributed by atoms with Gasteiger partial charge in [-0.15, -0.1) is 0 Å². The van der Waals surface area contributed by atoms with E-state index in [1.807, 2.05) is 17.8 Å². The van der Waals surface area contributed by atoms with E-state index in [4.69, 9.17) is 27.9 Å². The molecule has 0 saturated heterocycles. The molecule has 1 heterocycles. The van der Waals surface area contributed by atoms with Crippen molar-refractivity contribution in [3.05, 3.63) is 27.7 Å². The molecule has 2 nitrogen and oxygen atoms in total. The Morgan fingerprint density at radius 1 is 1.19 bits per heavy atom. The van der Waals surface area contributed by atoms with Crippen LogP contribution in [-0.4, -0.2) is 24.2 Å². The summed E-state index contributed by atoms with van der Waals surface area (Å²) in [6, 6.07) is 4.62. The molecular formula is C16H21Cl2NOS. The molecule has 116 valence electrons. The van der Waals surface area contributed by atoms with E-state index in [-0.39, 0.29) is 0 Å². The van der Waals surface area contributed by atoms with E-state index < -0.39 is 0 Å². The van der Waals surface area contributed by atoms with Gasteiger partial charge >= 0.3 is 0 Å². The zero-order valence-corrected chi connectivity index (χ0v) is 14.5. The van der Waals surface area contributed by atoms with Crippen LogP contribution < -0.4 is 10.1 Å². The normalized spacial score (nSPS) is 28.8. The van der Waals surface area contributed by atoms with Crippen LogP contribution in [0.15, 0.2) is 12.1 Å². The van der Waals surface area contributed by atoms with Crippen LogP contribution in [0.2, 0.25) is 10.0 Å². The molecule has 5 heteroatoms. The molecule has 21 heavy (non-hydrogen) atoms. The molecule has 1 aliphatic heterocycles. The van der Waals surface area contributed by atoms with E-state index in [9.17, 15) is 0 Å². The topological polar surface area (TPSA) is 21.3 Å². The third kappa shape index (κ3) is 3.47. The van der Waals surface area contributed by atoms with Gasteiger partial charge in [0.25, 0.3) is 0 Å². The first kappa shape index (κ1) is 15.8. The Labute approximate surface area is 140 Å². The lowest BCUT2D eigenvalue weighted by Crippen LogP contribution is -2.43. The highest BCUT2D eigenvalue weighted by molar-refractivity contribution is 7.99. The van der Waals surface area contributed by atoms with E-state index in [0.29, 0.717) is 34.0 Å². The Morgan fingerprint density at radius 2 is 2.00 bits per heavy atom. The van der Waals surface area contributed by atoms with Crippen molar-refractivity contribution in [3.63, 3.8) is 0 Å². The maximum atomic E-state index is 6.27. The monoisotopic (exact) mass is 345 g/mol. The fraction of sp³-hybridized carbons (Fsp3) is 0.625.